The van der Waals surface area contributed by atoms with Crippen LogP contribution >= 0.6 is 11.6 Å². The monoisotopic (exact) mass is 211 g/mol. The number of hydrogen-bond acceptors (Lipinski definition) is 2. The van der Waals surface area contributed by atoms with Gasteiger partial charge in [-0.15, -0.1) is 0 Å². The lowest BCUT2D eigenvalue weighted by molar-refractivity contribution is 0.285. The van der Waals surface area contributed by atoms with E-state index in [9.17, 15) is 4.39 Å². The molecule has 1 aromatic carbocycles. The second kappa shape index (κ2) is 3.47. The van der Waals surface area contributed by atoms with Gasteiger partial charge < -0.3 is 4.74 Å². The number of hydrogen-bond donors (Lipinski definition) is 0. The first-order valence-corrected chi connectivity index (χ1v) is 4.65. The lowest BCUT2D eigenvalue weighted by Gasteiger charge is -2.18. The molecule has 2 nitrogen and oxygen atoms in total. The van der Waals surface area contributed by atoms with Crippen molar-refractivity contribution >= 4 is 11.6 Å². The van der Waals surface area contributed by atoms with Crippen LogP contribution in [0.15, 0.2) is 6.07 Å². The highest BCUT2D eigenvalue weighted by Gasteiger charge is 2.20. The number of aryl methyl sites for hydroxylation is 1. The predicted octanol–water partition coefficient (Wildman–Crippen LogP) is 2.68. The van der Waals surface area contributed by atoms with Crippen molar-refractivity contribution in [2.24, 2.45) is 0 Å². The van der Waals surface area contributed by atoms with E-state index in [2.05, 4.69) is 0 Å². The third-order valence-electron chi connectivity index (χ3n) is 2.20. The maximum absolute atomic E-state index is 13.4. The van der Waals surface area contributed by atoms with Crippen LogP contribution in [0.1, 0.15) is 17.5 Å². The molecule has 0 bridgehead atoms. The van der Waals surface area contributed by atoms with E-state index in [0.717, 1.165) is 18.4 Å². The number of nitrogens with zero attached hydrogens (tertiary/aromatic N) is 1. The van der Waals surface area contributed by atoms with Crippen molar-refractivity contribution in [1.29, 1.82) is 5.26 Å². The summed E-state index contributed by atoms with van der Waals surface area (Å²) in [5.41, 5.74) is 0.742. The second-order valence-corrected chi connectivity index (χ2v) is 3.51. The highest BCUT2D eigenvalue weighted by Crippen LogP contribution is 2.34. The third-order valence-corrected chi connectivity index (χ3v) is 2.47. The fourth-order valence-electron chi connectivity index (χ4n) is 1.55. The lowest BCUT2D eigenvalue weighted by atomic mass is 10.0. The van der Waals surface area contributed by atoms with Gasteiger partial charge in [-0.25, -0.2) is 4.39 Å². The average Bonchev–Trinajstić information content (AvgIpc) is 2.20. The number of benzene rings is 1. The first-order valence-electron chi connectivity index (χ1n) is 4.28. The molecule has 4 heteroatoms. The molecule has 72 valence electrons. The van der Waals surface area contributed by atoms with E-state index < -0.39 is 5.82 Å². The quantitative estimate of drug-likeness (QED) is 0.661. The summed E-state index contributed by atoms with van der Waals surface area (Å²) in [7, 11) is 0. The van der Waals surface area contributed by atoms with Gasteiger partial charge in [-0.3, -0.25) is 0 Å². The lowest BCUT2D eigenvalue weighted by Crippen LogP contribution is -2.11. The molecule has 0 saturated carbocycles. The molecule has 0 unspecified atom stereocenters. The molecule has 0 radical (unpaired) electrons. The Labute approximate surface area is 85.9 Å². The molecular formula is C10H7ClFNO. The van der Waals surface area contributed by atoms with E-state index in [0.29, 0.717) is 12.4 Å². The highest BCUT2D eigenvalue weighted by molar-refractivity contribution is 6.31. The van der Waals surface area contributed by atoms with Gasteiger partial charge in [0.1, 0.15) is 17.4 Å². The first-order chi connectivity index (χ1) is 6.74. The minimum atomic E-state index is -0.685. The third kappa shape index (κ3) is 1.32. The Bertz CT molecular complexity index is 425. The summed E-state index contributed by atoms with van der Waals surface area (Å²) in [5.74, 6) is -0.324. The van der Waals surface area contributed by atoms with Gasteiger partial charge in [0, 0.05) is 0 Å². The number of fused-ring (bicyclic) bond motifs is 1. The van der Waals surface area contributed by atoms with Gasteiger partial charge >= 0.3 is 0 Å². The van der Waals surface area contributed by atoms with Crippen molar-refractivity contribution in [2.45, 2.75) is 12.8 Å². The second-order valence-electron chi connectivity index (χ2n) is 3.10. The summed E-state index contributed by atoms with van der Waals surface area (Å²) in [5, 5.41) is 8.76. The molecule has 0 amide bonds. The smallest absolute Gasteiger partial charge is 0.163 e. The number of halogens is 2. The van der Waals surface area contributed by atoms with Crippen LogP contribution in [0.3, 0.4) is 0 Å². The zero-order chi connectivity index (χ0) is 10.1. The van der Waals surface area contributed by atoms with Gasteiger partial charge in [0.05, 0.1) is 11.6 Å². The normalized spacial score (nSPS) is 14.1. The molecule has 0 spiro atoms. The van der Waals surface area contributed by atoms with Crippen LogP contribution in [-0.2, 0) is 6.42 Å². The highest BCUT2D eigenvalue weighted by atomic mass is 35.5. The molecule has 14 heavy (non-hydrogen) atoms. The molecular weight excluding hydrogens is 205 g/mol. The topological polar surface area (TPSA) is 33.0 Å². The molecule has 2 rings (SSSR count). The van der Waals surface area contributed by atoms with Crippen LogP contribution in [0.4, 0.5) is 4.39 Å². The van der Waals surface area contributed by atoms with Crippen molar-refractivity contribution in [2.75, 3.05) is 6.61 Å². The van der Waals surface area contributed by atoms with Crippen LogP contribution in [0, 0.1) is 17.1 Å². The molecule has 0 atom stereocenters. The summed E-state index contributed by atoms with van der Waals surface area (Å²) < 4.78 is 18.6. The molecule has 0 aromatic heterocycles. The van der Waals surface area contributed by atoms with Crippen molar-refractivity contribution in [3.63, 3.8) is 0 Å². The van der Waals surface area contributed by atoms with Gasteiger partial charge in [0.25, 0.3) is 0 Å². The van der Waals surface area contributed by atoms with Crippen molar-refractivity contribution < 1.29 is 9.13 Å². The van der Waals surface area contributed by atoms with E-state index >= 15 is 0 Å². The van der Waals surface area contributed by atoms with Gasteiger partial charge in [-0.2, -0.15) is 5.26 Å². The minimum Gasteiger partial charge on any atom is -0.492 e. The van der Waals surface area contributed by atoms with Crippen LogP contribution < -0.4 is 4.74 Å². The summed E-state index contributed by atoms with van der Waals surface area (Å²) in [6, 6.07) is 3.31. The molecule has 0 fully saturated rings. The van der Waals surface area contributed by atoms with Crippen LogP contribution in [-0.4, -0.2) is 6.61 Å². The number of ether oxygens (including phenoxy) is 1. The number of nitriles is 1. The fraction of sp³-hybridized carbons (Fsp3) is 0.300. The Kier molecular flexibility index (Phi) is 2.30. The van der Waals surface area contributed by atoms with Crippen LogP contribution in [0.2, 0.25) is 5.02 Å². The predicted molar refractivity (Wildman–Crippen MR) is 49.9 cm³/mol. The van der Waals surface area contributed by atoms with E-state index in [1.807, 2.05) is 0 Å². The molecule has 0 N–H and O–H groups in total. The molecule has 1 aliphatic rings. The molecule has 0 aliphatic carbocycles. The fourth-order valence-corrected chi connectivity index (χ4v) is 1.77. The summed E-state index contributed by atoms with van der Waals surface area (Å²) in [6.45, 7) is 0.531. The van der Waals surface area contributed by atoms with Gasteiger partial charge in [-0.1, -0.05) is 11.6 Å². The standard InChI is InChI=1S/C10H7ClFNO/c11-8-4-6-2-1-3-14-10(6)7(5-13)9(8)12/h4H,1-3H2. The molecule has 1 heterocycles. The van der Waals surface area contributed by atoms with E-state index in [1.165, 1.54) is 6.07 Å². The molecule has 1 aliphatic heterocycles. The summed E-state index contributed by atoms with van der Waals surface area (Å²) in [6.07, 6.45) is 1.66. The number of rotatable bonds is 0. The maximum Gasteiger partial charge on any atom is 0.163 e. The van der Waals surface area contributed by atoms with Gasteiger partial charge in [-0.05, 0) is 24.5 Å². The Balaban J connectivity index is 2.67. The maximum atomic E-state index is 13.4. The Morgan fingerprint density at radius 3 is 3.07 bits per heavy atom. The Morgan fingerprint density at radius 2 is 2.36 bits per heavy atom. The first kappa shape index (κ1) is 9.29. The van der Waals surface area contributed by atoms with Crippen molar-refractivity contribution in [3.8, 4) is 11.8 Å². The largest absolute Gasteiger partial charge is 0.492 e. The van der Waals surface area contributed by atoms with Crippen LogP contribution in [0.25, 0.3) is 0 Å². The van der Waals surface area contributed by atoms with Crippen molar-refractivity contribution in [3.05, 3.63) is 28.0 Å². The van der Waals surface area contributed by atoms with Crippen molar-refractivity contribution in [1.82, 2.24) is 0 Å². The van der Waals surface area contributed by atoms with Gasteiger partial charge in [0.2, 0.25) is 0 Å². The zero-order valence-corrected chi connectivity index (χ0v) is 8.07. The Morgan fingerprint density at radius 1 is 1.57 bits per heavy atom. The summed E-state index contributed by atoms with van der Waals surface area (Å²) in [4.78, 5) is 0. The van der Waals surface area contributed by atoms with E-state index in [4.69, 9.17) is 21.6 Å². The van der Waals surface area contributed by atoms with E-state index in [-0.39, 0.29) is 10.6 Å². The molecule has 1 aromatic rings. The Hall–Kier alpha value is -1.27. The SMILES string of the molecule is N#Cc1c(F)c(Cl)cc2c1OCCC2. The zero-order valence-electron chi connectivity index (χ0n) is 7.31. The average molecular weight is 212 g/mol. The summed E-state index contributed by atoms with van der Waals surface area (Å²) >= 11 is 5.65. The molecule has 0 saturated heterocycles. The van der Waals surface area contributed by atoms with Crippen LogP contribution in [0.5, 0.6) is 5.75 Å². The minimum absolute atomic E-state index is 0.00852. The van der Waals surface area contributed by atoms with Gasteiger partial charge in [0.15, 0.2) is 5.82 Å². The van der Waals surface area contributed by atoms with E-state index in [1.54, 1.807) is 6.07 Å².